The van der Waals surface area contributed by atoms with Crippen molar-refractivity contribution in [2.24, 2.45) is 0 Å². The molecule has 3 aromatic heterocycles. The van der Waals surface area contributed by atoms with Gasteiger partial charge in [0, 0.05) is 29.1 Å². The lowest BCUT2D eigenvalue weighted by Crippen LogP contribution is -2.15. The van der Waals surface area contributed by atoms with Crippen molar-refractivity contribution in [2.75, 3.05) is 0 Å². The van der Waals surface area contributed by atoms with E-state index in [0.29, 0.717) is 17.8 Å². The minimum Gasteiger partial charge on any atom is -0.460 e. The maximum absolute atomic E-state index is 12.4. The van der Waals surface area contributed by atoms with Crippen LogP contribution in [0, 0.1) is 6.92 Å². The summed E-state index contributed by atoms with van der Waals surface area (Å²) in [4.78, 5) is 39.7. The number of ether oxygens (including phenoxy) is 1. The number of rotatable bonds is 5. The predicted molar refractivity (Wildman–Crippen MR) is 107 cm³/mol. The highest BCUT2D eigenvalue weighted by Crippen LogP contribution is 2.17. The Kier molecular flexibility index (Phi) is 4.90. The van der Waals surface area contributed by atoms with Gasteiger partial charge >= 0.3 is 5.63 Å². The van der Waals surface area contributed by atoms with Gasteiger partial charge in [-0.1, -0.05) is 37.3 Å². The largest absolute Gasteiger partial charge is 0.460 e. The zero-order valence-electron chi connectivity index (χ0n) is 15.9. The first kappa shape index (κ1) is 18.5. The zero-order chi connectivity index (χ0) is 20.4. The zero-order valence-corrected chi connectivity index (χ0v) is 15.9. The van der Waals surface area contributed by atoms with Gasteiger partial charge in [0.1, 0.15) is 12.0 Å². The summed E-state index contributed by atoms with van der Waals surface area (Å²) in [5, 5.41) is 0.256. The fourth-order valence-corrected chi connectivity index (χ4v) is 2.98. The molecule has 4 aromatic rings. The molecule has 4 rings (SSSR count). The van der Waals surface area contributed by atoms with E-state index >= 15 is 0 Å². The highest BCUT2D eigenvalue weighted by Gasteiger charge is 2.13. The highest BCUT2D eigenvalue weighted by molar-refractivity contribution is 5.75. The molecule has 0 radical (unpaired) electrons. The number of fused-ring (bicyclic) bond motifs is 1. The molecule has 8 heteroatoms. The Bertz CT molecular complexity index is 1300. The number of nitrogens with zero attached hydrogens (tertiary/aromatic N) is 3. The van der Waals surface area contributed by atoms with Crippen molar-refractivity contribution in [3.63, 3.8) is 0 Å². The number of aromatic nitrogens is 4. The first-order valence-corrected chi connectivity index (χ1v) is 9.13. The lowest BCUT2D eigenvalue weighted by molar-refractivity contribution is 0.278. The van der Waals surface area contributed by atoms with E-state index in [9.17, 15) is 9.59 Å². The Hall–Kier alpha value is -3.81. The molecule has 1 N–H and O–H groups in total. The maximum atomic E-state index is 12.4. The van der Waals surface area contributed by atoms with Crippen molar-refractivity contribution in [3.8, 4) is 17.4 Å². The summed E-state index contributed by atoms with van der Waals surface area (Å²) in [6.45, 7) is 3.81. The summed E-state index contributed by atoms with van der Waals surface area (Å²) in [7, 11) is 0. The fraction of sp³-hybridized carbons (Fsp3) is 0.190. The number of nitrogens with one attached hydrogen (secondary N) is 1. The Morgan fingerprint density at radius 2 is 1.90 bits per heavy atom. The molecule has 0 aliphatic carbocycles. The molecule has 0 spiro atoms. The van der Waals surface area contributed by atoms with Crippen LogP contribution in [0.3, 0.4) is 0 Å². The van der Waals surface area contributed by atoms with Crippen LogP contribution in [0.1, 0.15) is 23.7 Å². The number of aryl methyl sites for hydroxylation is 2. The van der Waals surface area contributed by atoms with E-state index in [0.717, 1.165) is 16.8 Å². The normalized spacial score (nSPS) is 11.0. The van der Waals surface area contributed by atoms with Gasteiger partial charge < -0.3 is 9.15 Å². The number of hydrogen-bond acceptors (Lipinski definition) is 7. The molecule has 0 unspecified atom stereocenters. The maximum Gasteiger partial charge on any atom is 0.337 e. The SMILES string of the molecule is CCc1cc(=O)oc2nc(OCc3cnc(-c4ccccc4)nc3C)[nH]c(=O)c12. The van der Waals surface area contributed by atoms with Crippen molar-refractivity contribution in [3.05, 3.63) is 80.2 Å². The second-order valence-corrected chi connectivity index (χ2v) is 6.45. The van der Waals surface area contributed by atoms with Gasteiger partial charge in [-0.3, -0.25) is 9.78 Å². The summed E-state index contributed by atoms with van der Waals surface area (Å²) in [6, 6.07) is 10.9. The number of benzene rings is 1. The van der Waals surface area contributed by atoms with Gasteiger partial charge in [0.05, 0.1) is 0 Å². The standard InChI is InChI=1S/C21H18N4O4/c1-3-13-9-16(26)29-20-17(13)19(27)24-21(25-20)28-11-15-10-22-18(23-12(15)2)14-7-5-4-6-8-14/h4-10H,3,11H2,1-2H3,(H,24,25,27). The molecule has 0 amide bonds. The predicted octanol–water partition coefficient (Wildman–Crippen LogP) is 2.78. The van der Waals surface area contributed by atoms with E-state index in [1.165, 1.54) is 6.07 Å². The van der Waals surface area contributed by atoms with Crippen LogP contribution in [0.15, 0.2) is 56.6 Å². The van der Waals surface area contributed by atoms with Crippen LogP contribution < -0.4 is 15.9 Å². The van der Waals surface area contributed by atoms with E-state index in [1.807, 2.05) is 44.2 Å². The third-order valence-electron chi connectivity index (χ3n) is 4.53. The van der Waals surface area contributed by atoms with Gasteiger partial charge in [-0.05, 0) is 18.9 Å². The van der Waals surface area contributed by atoms with E-state index < -0.39 is 11.2 Å². The van der Waals surface area contributed by atoms with E-state index in [4.69, 9.17) is 9.15 Å². The van der Waals surface area contributed by atoms with Crippen molar-refractivity contribution in [2.45, 2.75) is 26.9 Å². The van der Waals surface area contributed by atoms with Gasteiger partial charge in [-0.25, -0.2) is 14.8 Å². The van der Waals surface area contributed by atoms with Crippen LogP contribution in [0.2, 0.25) is 0 Å². The van der Waals surface area contributed by atoms with E-state index in [-0.39, 0.29) is 23.7 Å². The molecule has 29 heavy (non-hydrogen) atoms. The number of hydrogen-bond donors (Lipinski definition) is 1. The first-order valence-electron chi connectivity index (χ1n) is 9.13. The van der Waals surface area contributed by atoms with Gasteiger partial charge in [-0.15, -0.1) is 0 Å². The van der Waals surface area contributed by atoms with Crippen molar-refractivity contribution >= 4 is 11.1 Å². The Labute approximate surface area is 165 Å². The molecule has 146 valence electrons. The third kappa shape index (κ3) is 3.77. The lowest BCUT2D eigenvalue weighted by atomic mass is 10.1. The van der Waals surface area contributed by atoms with Crippen molar-refractivity contribution in [1.29, 1.82) is 0 Å². The summed E-state index contributed by atoms with van der Waals surface area (Å²) in [5.41, 5.74) is 1.98. The van der Waals surface area contributed by atoms with Gasteiger partial charge in [0.15, 0.2) is 5.82 Å². The molecule has 8 nitrogen and oxygen atoms in total. The monoisotopic (exact) mass is 390 g/mol. The Morgan fingerprint density at radius 1 is 1.10 bits per heavy atom. The highest BCUT2D eigenvalue weighted by atomic mass is 16.5. The smallest absolute Gasteiger partial charge is 0.337 e. The first-order chi connectivity index (χ1) is 14.0. The lowest BCUT2D eigenvalue weighted by Gasteiger charge is -2.09. The minimum absolute atomic E-state index is 0.0366. The van der Waals surface area contributed by atoms with Crippen LogP contribution in [0.25, 0.3) is 22.5 Å². The Balaban J connectivity index is 1.60. The molecular formula is C21H18N4O4. The molecule has 3 heterocycles. The van der Waals surface area contributed by atoms with Crippen LogP contribution in [0.5, 0.6) is 6.01 Å². The van der Waals surface area contributed by atoms with Gasteiger partial charge in [0.25, 0.3) is 11.6 Å². The minimum atomic E-state index is -0.556. The second-order valence-electron chi connectivity index (χ2n) is 6.45. The molecule has 0 saturated carbocycles. The van der Waals surface area contributed by atoms with Crippen molar-refractivity contribution in [1.82, 2.24) is 19.9 Å². The quantitative estimate of drug-likeness (QED) is 0.558. The van der Waals surface area contributed by atoms with Crippen molar-refractivity contribution < 1.29 is 9.15 Å². The molecule has 0 saturated heterocycles. The topological polar surface area (TPSA) is 111 Å². The summed E-state index contributed by atoms with van der Waals surface area (Å²) < 4.78 is 10.7. The molecule has 0 aliphatic heterocycles. The summed E-state index contributed by atoms with van der Waals surface area (Å²) >= 11 is 0. The average Bonchev–Trinajstić information content (AvgIpc) is 2.72. The third-order valence-corrected chi connectivity index (χ3v) is 4.53. The molecule has 0 aliphatic rings. The molecular weight excluding hydrogens is 372 g/mol. The van der Waals surface area contributed by atoms with Crippen LogP contribution in [-0.2, 0) is 13.0 Å². The van der Waals surface area contributed by atoms with Crippen LogP contribution in [0.4, 0.5) is 0 Å². The Morgan fingerprint density at radius 3 is 2.62 bits per heavy atom. The van der Waals surface area contributed by atoms with Gasteiger partial charge in [0.2, 0.25) is 5.71 Å². The average molecular weight is 390 g/mol. The van der Waals surface area contributed by atoms with Crippen LogP contribution >= 0.6 is 0 Å². The summed E-state index contributed by atoms with van der Waals surface area (Å²) in [5.74, 6) is 0.623. The number of aromatic amines is 1. The van der Waals surface area contributed by atoms with E-state index in [2.05, 4.69) is 19.9 Å². The summed E-state index contributed by atoms with van der Waals surface area (Å²) in [6.07, 6.45) is 2.19. The molecule has 0 fully saturated rings. The van der Waals surface area contributed by atoms with Crippen LogP contribution in [-0.4, -0.2) is 19.9 Å². The number of H-pyrrole nitrogens is 1. The molecule has 0 bridgehead atoms. The van der Waals surface area contributed by atoms with E-state index in [1.54, 1.807) is 6.20 Å². The molecule has 1 aromatic carbocycles. The van der Waals surface area contributed by atoms with Gasteiger partial charge in [-0.2, -0.15) is 4.98 Å². The molecule has 0 atom stereocenters. The fourth-order valence-electron chi connectivity index (χ4n) is 2.98. The second kappa shape index (κ2) is 7.67.